The van der Waals surface area contributed by atoms with Crippen LogP contribution in [0.1, 0.15) is 0 Å². The normalized spacial score (nSPS) is 10.4. The summed E-state index contributed by atoms with van der Waals surface area (Å²) in [6.07, 6.45) is 0. The van der Waals surface area contributed by atoms with Gasteiger partial charge in [-0.3, -0.25) is 0 Å². The second kappa shape index (κ2) is 5.13. The summed E-state index contributed by atoms with van der Waals surface area (Å²) in [5.41, 5.74) is 2.43. The van der Waals surface area contributed by atoms with Crippen molar-refractivity contribution in [3.8, 4) is 34.1 Å². The van der Waals surface area contributed by atoms with E-state index in [2.05, 4.69) is 0 Å². The average molecular weight is 266 g/mol. The molecule has 0 bridgehead atoms. The molecule has 2 aromatic carbocycles. The minimum absolute atomic E-state index is 0.0255. The zero-order chi connectivity index (χ0) is 13.9. The second-order valence-electron chi connectivity index (χ2n) is 4.38. The summed E-state index contributed by atoms with van der Waals surface area (Å²) >= 11 is 0. The summed E-state index contributed by atoms with van der Waals surface area (Å²) in [7, 11) is 1.47. The lowest BCUT2D eigenvalue weighted by atomic mass is 10.0. The van der Waals surface area contributed by atoms with Crippen LogP contribution in [0.15, 0.2) is 65.1 Å². The summed E-state index contributed by atoms with van der Waals surface area (Å²) in [6, 6.07) is 19.3. The fourth-order valence-electron chi connectivity index (χ4n) is 2.21. The maximum Gasteiger partial charge on any atom is 0.329 e. The molecule has 0 aliphatic carbocycles. The number of aromatic hydroxyl groups is 1. The third kappa shape index (κ3) is 2.03. The molecule has 1 heterocycles. The van der Waals surface area contributed by atoms with E-state index in [-0.39, 0.29) is 11.7 Å². The van der Waals surface area contributed by atoms with Crippen LogP contribution < -0.4 is 4.74 Å². The Balaban J connectivity index is 2.25. The molecule has 0 fully saturated rings. The van der Waals surface area contributed by atoms with Crippen LogP contribution in [-0.4, -0.2) is 12.2 Å². The van der Waals surface area contributed by atoms with Crippen LogP contribution >= 0.6 is 0 Å². The van der Waals surface area contributed by atoms with Gasteiger partial charge in [-0.1, -0.05) is 60.7 Å². The molecular weight excluding hydrogens is 252 g/mol. The van der Waals surface area contributed by atoms with Gasteiger partial charge in [0.05, 0.1) is 12.7 Å². The number of ether oxygens (including phenoxy) is 1. The van der Waals surface area contributed by atoms with E-state index in [4.69, 9.17) is 9.15 Å². The number of hydrogen-bond acceptors (Lipinski definition) is 3. The summed E-state index contributed by atoms with van der Waals surface area (Å²) in [4.78, 5) is 0. The molecule has 3 rings (SSSR count). The van der Waals surface area contributed by atoms with Gasteiger partial charge in [-0.05, 0) is 5.56 Å². The van der Waals surface area contributed by atoms with Crippen molar-refractivity contribution in [3.05, 3.63) is 60.7 Å². The lowest BCUT2D eigenvalue weighted by Crippen LogP contribution is -1.80. The molecule has 0 radical (unpaired) electrons. The molecule has 0 atom stereocenters. The van der Waals surface area contributed by atoms with Crippen LogP contribution in [0.3, 0.4) is 0 Å². The van der Waals surface area contributed by atoms with Gasteiger partial charge in [0.25, 0.3) is 0 Å². The van der Waals surface area contributed by atoms with Gasteiger partial charge in [0.1, 0.15) is 5.76 Å². The Hall–Kier alpha value is -2.68. The number of furan rings is 1. The van der Waals surface area contributed by atoms with Crippen LogP contribution in [0.25, 0.3) is 22.5 Å². The summed E-state index contributed by atoms with van der Waals surface area (Å²) < 4.78 is 10.8. The van der Waals surface area contributed by atoms with E-state index in [9.17, 15) is 5.11 Å². The summed E-state index contributed by atoms with van der Waals surface area (Å²) in [5.74, 6) is 0.756. The van der Waals surface area contributed by atoms with Crippen molar-refractivity contribution < 1.29 is 14.3 Å². The molecule has 1 N–H and O–H groups in total. The van der Waals surface area contributed by atoms with Gasteiger partial charge in [0.15, 0.2) is 0 Å². The van der Waals surface area contributed by atoms with Crippen molar-refractivity contribution in [2.45, 2.75) is 0 Å². The first-order valence-electron chi connectivity index (χ1n) is 6.32. The van der Waals surface area contributed by atoms with Gasteiger partial charge in [-0.25, -0.2) is 0 Å². The largest absolute Gasteiger partial charge is 0.501 e. The highest BCUT2D eigenvalue weighted by atomic mass is 16.6. The monoisotopic (exact) mass is 266 g/mol. The average Bonchev–Trinajstić information content (AvgIpc) is 2.86. The van der Waals surface area contributed by atoms with Gasteiger partial charge in [-0.2, -0.15) is 0 Å². The molecule has 0 saturated heterocycles. The van der Waals surface area contributed by atoms with E-state index in [1.54, 1.807) is 0 Å². The molecule has 20 heavy (non-hydrogen) atoms. The van der Waals surface area contributed by atoms with Gasteiger partial charge >= 0.3 is 5.95 Å². The van der Waals surface area contributed by atoms with Crippen molar-refractivity contribution in [2.75, 3.05) is 7.11 Å². The maximum atomic E-state index is 10.3. The highest BCUT2D eigenvalue weighted by Gasteiger charge is 2.22. The predicted octanol–water partition coefficient (Wildman–Crippen LogP) is 4.33. The Labute approximate surface area is 117 Å². The van der Waals surface area contributed by atoms with Crippen molar-refractivity contribution in [1.29, 1.82) is 0 Å². The van der Waals surface area contributed by atoms with Crippen molar-refractivity contribution in [2.24, 2.45) is 0 Å². The molecule has 0 amide bonds. The van der Waals surface area contributed by atoms with Crippen LogP contribution in [0, 0.1) is 0 Å². The minimum Gasteiger partial charge on any atom is -0.501 e. The highest BCUT2D eigenvalue weighted by molar-refractivity contribution is 5.86. The minimum atomic E-state index is 0.0255. The molecule has 3 heteroatoms. The molecular formula is C17H14O3. The van der Waals surface area contributed by atoms with E-state index in [1.807, 2.05) is 60.7 Å². The van der Waals surface area contributed by atoms with Gasteiger partial charge in [0, 0.05) is 5.56 Å². The number of rotatable bonds is 3. The second-order valence-corrected chi connectivity index (χ2v) is 4.38. The lowest BCUT2D eigenvalue weighted by Gasteiger charge is -2.02. The lowest BCUT2D eigenvalue weighted by molar-refractivity contribution is 0.287. The Kier molecular flexibility index (Phi) is 3.17. The van der Waals surface area contributed by atoms with Crippen LogP contribution in [-0.2, 0) is 0 Å². The van der Waals surface area contributed by atoms with E-state index < -0.39 is 0 Å². The first-order valence-corrected chi connectivity index (χ1v) is 6.32. The first kappa shape index (κ1) is 12.4. The standard InChI is InChI=1S/C17H14O3/c1-19-17-15(18)14(12-8-4-2-5-9-12)16(20-17)13-10-6-3-7-11-13/h2-11,18H,1H3. The van der Waals surface area contributed by atoms with Crippen molar-refractivity contribution in [3.63, 3.8) is 0 Å². The highest BCUT2D eigenvalue weighted by Crippen LogP contribution is 2.47. The van der Waals surface area contributed by atoms with E-state index in [0.717, 1.165) is 11.1 Å². The van der Waals surface area contributed by atoms with Crippen LogP contribution in [0.2, 0.25) is 0 Å². The number of methoxy groups -OCH3 is 1. The molecule has 1 aromatic heterocycles. The van der Waals surface area contributed by atoms with E-state index >= 15 is 0 Å². The quantitative estimate of drug-likeness (QED) is 0.767. The zero-order valence-corrected chi connectivity index (χ0v) is 11.0. The number of hydrogen-bond donors (Lipinski definition) is 1. The molecule has 0 aliphatic heterocycles. The van der Waals surface area contributed by atoms with E-state index in [1.165, 1.54) is 7.11 Å². The van der Waals surface area contributed by atoms with Crippen LogP contribution in [0.4, 0.5) is 0 Å². The summed E-state index contributed by atoms with van der Waals surface area (Å²) in [6.45, 7) is 0. The SMILES string of the molecule is COc1oc(-c2ccccc2)c(-c2ccccc2)c1O. The topological polar surface area (TPSA) is 42.6 Å². The Bertz CT molecular complexity index is 700. The van der Waals surface area contributed by atoms with E-state index in [0.29, 0.717) is 11.3 Å². The zero-order valence-electron chi connectivity index (χ0n) is 11.0. The van der Waals surface area contributed by atoms with Gasteiger partial charge in [0.2, 0.25) is 5.75 Å². The van der Waals surface area contributed by atoms with Crippen molar-refractivity contribution >= 4 is 0 Å². The smallest absolute Gasteiger partial charge is 0.329 e. The third-order valence-corrected chi connectivity index (χ3v) is 3.14. The number of benzene rings is 2. The predicted molar refractivity (Wildman–Crippen MR) is 77.8 cm³/mol. The van der Waals surface area contributed by atoms with Crippen LogP contribution in [0.5, 0.6) is 11.7 Å². The summed E-state index contributed by atoms with van der Waals surface area (Å²) in [5, 5.41) is 10.3. The first-order chi connectivity index (χ1) is 9.81. The molecule has 100 valence electrons. The Morgan fingerprint density at radius 1 is 0.850 bits per heavy atom. The van der Waals surface area contributed by atoms with Crippen molar-refractivity contribution in [1.82, 2.24) is 0 Å². The Morgan fingerprint density at radius 3 is 1.95 bits per heavy atom. The molecule has 0 saturated carbocycles. The maximum absolute atomic E-state index is 10.3. The molecule has 3 nitrogen and oxygen atoms in total. The molecule has 3 aromatic rings. The molecule has 0 spiro atoms. The molecule has 0 aliphatic rings. The molecule has 0 unspecified atom stereocenters. The fraction of sp³-hybridized carbons (Fsp3) is 0.0588. The third-order valence-electron chi connectivity index (χ3n) is 3.14. The van der Waals surface area contributed by atoms with Gasteiger partial charge in [-0.15, -0.1) is 0 Å². The fourth-order valence-corrected chi connectivity index (χ4v) is 2.21. The van der Waals surface area contributed by atoms with Gasteiger partial charge < -0.3 is 14.3 Å². The Morgan fingerprint density at radius 2 is 1.40 bits per heavy atom.